The van der Waals surface area contributed by atoms with Crippen LogP contribution in [-0.2, 0) is 0 Å². The van der Waals surface area contributed by atoms with Gasteiger partial charge in [-0.1, -0.05) is 68.2 Å². The van der Waals surface area contributed by atoms with E-state index in [1.54, 1.807) is 0 Å². The molecule has 0 aromatic carbocycles. The molecule has 1 aliphatic rings. The van der Waals surface area contributed by atoms with Gasteiger partial charge in [-0.15, -0.1) is 0 Å². The summed E-state index contributed by atoms with van der Waals surface area (Å²) in [6.07, 6.45) is 5.75. The fourth-order valence-electron chi connectivity index (χ4n) is 4.06. The molecule has 5 unspecified atom stereocenters. The summed E-state index contributed by atoms with van der Waals surface area (Å²) in [7, 11) is 0. The van der Waals surface area contributed by atoms with Gasteiger partial charge in [-0.05, 0) is 53.8 Å². The summed E-state index contributed by atoms with van der Waals surface area (Å²) in [6, 6.07) is 0. The Labute approximate surface area is 122 Å². The Bertz CT molecular complexity index is 258. The van der Waals surface area contributed by atoms with E-state index >= 15 is 0 Å². The molecule has 5 atom stereocenters. The molecule has 114 valence electrons. The molecule has 0 bridgehead atoms. The van der Waals surface area contributed by atoms with Crippen LogP contribution in [0.4, 0.5) is 0 Å². The molecule has 0 aromatic heterocycles. The molecule has 0 spiro atoms. The van der Waals surface area contributed by atoms with Crippen molar-refractivity contribution in [1.82, 2.24) is 0 Å². The lowest BCUT2D eigenvalue weighted by atomic mass is 9.53. The lowest BCUT2D eigenvalue weighted by Gasteiger charge is -2.52. The molecule has 0 radical (unpaired) electrons. The highest BCUT2D eigenvalue weighted by Crippen LogP contribution is 2.53. The molecule has 19 heavy (non-hydrogen) atoms. The van der Waals surface area contributed by atoms with Crippen LogP contribution in [0.5, 0.6) is 0 Å². The van der Waals surface area contributed by atoms with Crippen molar-refractivity contribution < 1.29 is 0 Å². The fourth-order valence-corrected chi connectivity index (χ4v) is 4.06. The third-order valence-electron chi connectivity index (χ3n) is 6.05. The first kappa shape index (κ1) is 17.1. The van der Waals surface area contributed by atoms with Crippen molar-refractivity contribution >= 4 is 0 Å². The topological polar surface area (TPSA) is 0 Å². The minimum atomic E-state index is 0.471. The molecule has 0 amide bonds. The van der Waals surface area contributed by atoms with Crippen LogP contribution in [0.25, 0.3) is 0 Å². The molecule has 0 N–H and O–H groups in total. The molecule has 1 fully saturated rings. The molecular formula is C19H38. The van der Waals surface area contributed by atoms with Crippen LogP contribution in [0.1, 0.15) is 81.1 Å². The highest BCUT2D eigenvalue weighted by molar-refractivity contribution is 4.94. The molecule has 0 heteroatoms. The minimum absolute atomic E-state index is 0.471. The highest BCUT2D eigenvalue weighted by atomic mass is 14.5. The lowest BCUT2D eigenvalue weighted by molar-refractivity contribution is -0.0270. The van der Waals surface area contributed by atoms with Gasteiger partial charge in [0.25, 0.3) is 0 Å². The zero-order chi connectivity index (χ0) is 14.8. The average Bonchev–Trinajstić information content (AvgIpc) is 2.29. The van der Waals surface area contributed by atoms with Crippen LogP contribution >= 0.6 is 0 Å². The van der Waals surface area contributed by atoms with Crippen LogP contribution in [0.2, 0.25) is 0 Å². The van der Waals surface area contributed by atoms with Crippen molar-refractivity contribution in [2.75, 3.05) is 0 Å². The predicted molar refractivity (Wildman–Crippen MR) is 87.2 cm³/mol. The van der Waals surface area contributed by atoms with Crippen LogP contribution in [0, 0.1) is 40.9 Å². The van der Waals surface area contributed by atoms with E-state index in [1.807, 2.05) is 0 Å². The van der Waals surface area contributed by atoms with Gasteiger partial charge >= 0.3 is 0 Å². The molecule has 0 saturated heterocycles. The van der Waals surface area contributed by atoms with Crippen molar-refractivity contribution in [3.63, 3.8) is 0 Å². The molecule has 0 nitrogen and oxygen atoms in total. The summed E-state index contributed by atoms with van der Waals surface area (Å²) < 4.78 is 0. The van der Waals surface area contributed by atoms with Gasteiger partial charge in [0.15, 0.2) is 0 Å². The van der Waals surface area contributed by atoms with Crippen LogP contribution in [-0.4, -0.2) is 0 Å². The normalized spacial score (nSPS) is 31.1. The second-order valence-corrected chi connectivity index (χ2v) is 8.74. The monoisotopic (exact) mass is 266 g/mol. The Balaban J connectivity index is 2.67. The summed E-state index contributed by atoms with van der Waals surface area (Å²) in [4.78, 5) is 0. The van der Waals surface area contributed by atoms with E-state index in [0.717, 1.165) is 35.5 Å². The van der Waals surface area contributed by atoms with E-state index in [4.69, 9.17) is 0 Å². The van der Waals surface area contributed by atoms with E-state index in [9.17, 15) is 0 Å². The van der Waals surface area contributed by atoms with Gasteiger partial charge in [0.2, 0.25) is 0 Å². The molecule has 0 aromatic rings. The summed E-state index contributed by atoms with van der Waals surface area (Å²) in [5.41, 5.74) is 0.471. The van der Waals surface area contributed by atoms with Crippen molar-refractivity contribution in [2.24, 2.45) is 40.9 Å². The molecule has 0 aliphatic heterocycles. The zero-order valence-electron chi connectivity index (χ0n) is 14.8. The largest absolute Gasteiger partial charge is 0.0654 e. The number of hydrogen-bond donors (Lipinski definition) is 0. The summed E-state index contributed by atoms with van der Waals surface area (Å²) in [5, 5.41) is 0. The standard InChI is InChI=1S/C19H38/c1-9-10-16-12-17(15(16)5)18(19(6,7)8)11-14(4)13(2)3/h13-18H,9-12H2,1-8H3. The third-order valence-corrected chi connectivity index (χ3v) is 6.05. The Hall–Kier alpha value is 0. The maximum Gasteiger partial charge on any atom is -0.0332 e. The van der Waals surface area contributed by atoms with Crippen molar-refractivity contribution in [3.8, 4) is 0 Å². The number of hydrogen-bond acceptors (Lipinski definition) is 0. The zero-order valence-corrected chi connectivity index (χ0v) is 14.8. The van der Waals surface area contributed by atoms with Crippen LogP contribution in [0.3, 0.4) is 0 Å². The van der Waals surface area contributed by atoms with Crippen LogP contribution in [0.15, 0.2) is 0 Å². The van der Waals surface area contributed by atoms with E-state index < -0.39 is 0 Å². The summed E-state index contributed by atoms with van der Waals surface area (Å²) in [5.74, 6) is 5.57. The van der Waals surface area contributed by atoms with E-state index in [1.165, 1.54) is 25.7 Å². The molecule has 1 saturated carbocycles. The highest BCUT2D eigenvalue weighted by Gasteiger charge is 2.45. The fraction of sp³-hybridized carbons (Fsp3) is 1.00. The van der Waals surface area contributed by atoms with Crippen molar-refractivity contribution in [2.45, 2.75) is 81.1 Å². The van der Waals surface area contributed by atoms with Crippen molar-refractivity contribution in [3.05, 3.63) is 0 Å². The van der Waals surface area contributed by atoms with Crippen molar-refractivity contribution in [1.29, 1.82) is 0 Å². The van der Waals surface area contributed by atoms with E-state index in [2.05, 4.69) is 55.4 Å². The molecule has 1 aliphatic carbocycles. The Morgan fingerprint density at radius 1 is 1.11 bits per heavy atom. The van der Waals surface area contributed by atoms with E-state index in [0.29, 0.717) is 5.41 Å². The van der Waals surface area contributed by atoms with Gasteiger partial charge in [-0.3, -0.25) is 0 Å². The minimum Gasteiger partial charge on any atom is -0.0654 e. The second-order valence-electron chi connectivity index (χ2n) is 8.74. The summed E-state index contributed by atoms with van der Waals surface area (Å²) in [6.45, 7) is 19.5. The van der Waals surface area contributed by atoms with E-state index in [-0.39, 0.29) is 0 Å². The maximum atomic E-state index is 2.52. The average molecular weight is 267 g/mol. The molecule has 1 rings (SSSR count). The van der Waals surface area contributed by atoms with Crippen LogP contribution < -0.4 is 0 Å². The molecule has 0 heterocycles. The first-order chi connectivity index (χ1) is 8.68. The van der Waals surface area contributed by atoms with Gasteiger partial charge in [0.1, 0.15) is 0 Å². The second kappa shape index (κ2) is 6.64. The van der Waals surface area contributed by atoms with Gasteiger partial charge < -0.3 is 0 Å². The Kier molecular flexibility index (Phi) is 5.96. The quantitative estimate of drug-likeness (QED) is 0.521. The number of rotatable bonds is 6. The third kappa shape index (κ3) is 4.23. The Morgan fingerprint density at radius 3 is 2.05 bits per heavy atom. The SMILES string of the molecule is CCCC1CC(C(CC(C)C(C)C)C(C)(C)C)C1C. The van der Waals surface area contributed by atoms with Gasteiger partial charge in [0, 0.05) is 0 Å². The Morgan fingerprint density at radius 2 is 1.68 bits per heavy atom. The maximum absolute atomic E-state index is 2.52. The summed E-state index contributed by atoms with van der Waals surface area (Å²) >= 11 is 0. The van der Waals surface area contributed by atoms with Gasteiger partial charge in [-0.25, -0.2) is 0 Å². The lowest BCUT2D eigenvalue weighted by Crippen LogP contribution is -2.44. The smallest absolute Gasteiger partial charge is 0.0332 e. The predicted octanol–water partition coefficient (Wildman–Crippen LogP) is 6.40. The first-order valence-electron chi connectivity index (χ1n) is 8.68. The molecular weight excluding hydrogens is 228 g/mol. The van der Waals surface area contributed by atoms with Gasteiger partial charge in [0.05, 0.1) is 0 Å². The van der Waals surface area contributed by atoms with Gasteiger partial charge in [-0.2, -0.15) is 0 Å². The first-order valence-corrected chi connectivity index (χ1v) is 8.68.